The van der Waals surface area contributed by atoms with Crippen molar-refractivity contribution in [3.63, 3.8) is 0 Å². The first-order valence-corrected chi connectivity index (χ1v) is 6.18. The van der Waals surface area contributed by atoms with E-state index in [9.17, 15) is 4.79 Å². The van der Waals surface area contributed by atoms with Gasteiger partial charge < -0.3 is 19.3 Å². The van der Waals surface area contributed by atoms with Gasteiger partial charge in [-0.15, -0.1) is 0 Å². The molecule has 6 nitrogen and oxygen atoms in total. The highest BCUT2D eigenvalue weighted by Crippen LogP contribution is 2.28. The molecular formula is C15H15NO5. The maximum Gasteiger partial charge on any atom is 0.335 e. The van der Waals surface area contributed by atoms with Gasteiger partial charge in [-0.3, -0.25) is 0 Å². The lowest BCUT2D eigenvalue weighted by Crippen LogP contribution is -2.03. The van der Waals surface area contributed by atoms with Crippen LogP contribution in [-0.4, -0.2) is 30.3 Å². The molecule has 0 aliphatic heterocycles. The van der Waals surface area contributed by atoms with Crippen LogP contribution in [0.5, 0.6) is 17.4 Å². The van der Waals surface area contributed by atoms with Crippen LogP contribution < -0.4 is 14.2 Å². The molecule has 0 unspecified atom stereocenters. The molecule has 110 valence electrons. The topological polar surface area (TPSA) is 77.9 Å². The summed E-state index contributed by atoms with van der Waals surface area (Å²) < 4.78 is 15.8. The number of carboxylic acid groups (broad SMARTS) is 1. The monoisotopic (exact) mass is 289 g/mol. The zero-order chi connectivity index (χ0) is 15.2. The van der Waals surface area contributed by atoms with Crippen molar-refractivity contribution in [3.8, 4) is 17.4 Å². The van der Waals surface area contributed by atoms with E-state index in [2.05, 4.69) is 4.98 Å². The van der Waals surface area contributed by atoms with Crippen molar-refractivity contribution >= 4 is 5.97 Å². The molecule has 0 aliphatic rings. The van der Waals surface area contributed by atoms with Gasteiger partial charge in [0.2, 0.25) is 5.88 Å². The third-order valence-electron chi connectivity index (χ3n) is 2.78. The summed E-state index contributed by atoms with van der Waals surface area (Å²) >= 11 is 0. The minimum atomic E-state index is -1.03. The Hall–Kier alpha value is -2.76. The van der Waals surface area contributed by atoms with Crippen LogP contribution in [0, 0.1) is 0 Å². The third kappa shape index (κ3) is 3.62. The molecule has 0 amide bonds. The van der Waals surface area contributed by atoms with Crippen molar-refractivity contribution in [2.45, 2.75) is 6.61 Å². The standard InChI is InChI=1S/C15H15NO5/c1-19-12-7-6-10(15(17)18)8-13(12)21-9-11-4-3-5-14(16-11)20-2/h3-8H,9H2,1-2H3,(H,17,18). The number of aromatic nitrogens is 1. The molecule has 1 aromatic carbocycles. The van der Waals surface area contributed by atoms with Gasteiger partial charge in [0.1, 0.15) is 6.61 Å². The molecule has 0 bridgehead atoms. The quantitative estimate of drug-likeness (QED) is 0.879. The predicted molar refractivity (Wildman–Crippen MR) is 75.1 cm³/mol. The second kappa shape index (κ2) is 6.60. The van der Waals surface area contributed by atoms with E-state index in [1.54, 1.807) is 24.3 Å². The Balaban J connectivity index is 2.17. The van der Waals surface area contributed by atoms with Crippen LogP contribution in [0.4, 0.5) is 0 Å². The Kier molecular flexibility index (Phi) is 4.61. The highest BCUT2D eigenvalue weighted by molar-refractivity contribution is 5.88. The molecule has 6 heteroatoms. The fourth-order valence-corrected chi connectivity index (χ4v) is 1.73. The summed E-state index contributed by atoms with van der Waals surface area (Å²) in [5.41, 5.74) is 0.793. The van der Waals surface area contributed by atoms with E-state index in [1.807, 2.05) is 0 Å². The molecule has 0 atom stereocenters. The van der Waals surface area contributed by atoms with Gasteiger partial charge in [-0.1, -0.05) is 6.07 Å². The van der Waals surface area contributed by atoms with Gasteiger partial charge in [0, 0.05) is 6.07 Å². The summed E-state index contributed by atoms with van der Waals surface area (Å²) in [6.45, 7) is 0.177. The van der Waals surface area contributed by atoms with E-state index >= 15 is 0 Å². The molecular weight excluding hydrogens is 274 g/mol. The summed E-state index contributed by atoms with van der Waals surface area (Å²) in [4.78, 5) is 15.2. The molecule has 21 heavy (non-hydrogen) atoms. The van der Waals surface area contributed by atoms with E-state index in [-0.39, 0.29) is 12.2 Å². The number of aromatic carboxylic acids is 1. The van der Waals surface area contributed by atoms with Gasteiger partial charge in [-0.2, -0.15) is 0 Å². The maximum atomic E-state index is 11.0. The lowest BCUT2D eigenvalue weighted by molar-refractivity contribution is 0.0696. The van der Waals surface area contributed by atoms with Crippen LogP contribution in [0.25, 0.3) is 0 Å². The van der Waals surface area contributed by atoms with Crippen molar-refractivity contribution in [1.29, 1.82) is 0 Å². The molecule has 0 spiro atoms. The van der Waals surface area contributed by atoms with Crippen molar-refractivity contribution in [2.75, 3.05) is 14.2 Å². The fourth-order valence-electron chi connectivity index (χ4n) is 1.73. The number of benzene rings is 1. The van der Waals surface area contributed by atoms with E-state index in [1.165, 1.54) is 26.4 Å². The van der Waals surface area contributed by atoms with E-state index < -0.39 is 5.97 Å². The predicted octanol–water partition coefficient (Wildman–Crippen LogP) is 2.38. The maximum absolute atomic E-state index is 11.0. The average molecular weight is 289 g/mol. The third-order valence-corrected chi connectivity index (χ3v) is 2.78. The lowest BCUT2D eigenvalue weighted by Gasteiger charge is -2.11. The van der Waals surface area contributed by atoms with Gasteiger partial charge in [-0.05, 0) is 24.3 Å². The van der Waals surface area contributed by atoms with Crippen LogP contribution in [0.3, 0.4) is 0 Å². The first-order chi connectivity index (χ1) is 10.1. The Labute approximate surface area is 121 Å². The van der Waals surface area contributed by atoms with Crippen molar-refractivity contribution < 1.29 is 24.1 Å². The number of rotatable bonds is 6. The fraction of sp³-hybridized carbons (Fsp3) is 0.200. The van der Waals surface area contributed by atoms with E-state index in [4.69, 9.17) is 19.3 Å². The largest absolute Gasteiger partial charge is 0.493 e. The number of ether oxygens (including phenoxy) is 3. The summed E-state index contributed by atoms with van der Waals surface area (Å²) in [6.07, 6.45) is 0. The first-order valence-electron chi connectivity index (χ1n) is 6.18. The lowest BCUT2D eigenvalue weighted by atomic mass is 10.2. The molecule has 0 saturated heterocycles. The Morgan fingerprint density at radius 3 is 2.62 bits per heavy atom. The zero-order valence-electron chi connectivity index (χ0n) is 11.7. The van der Waals surface area contributed by atoms with Gasteiger partial charge in [0.25, 0.3) is 0 Å². The Bertz CT molecular complexity index is 642. The smallest absolute Gasteiger partial charge is 0.335 e. The summed E-state index contributed by atoms with van der Waals surface area (Å²) in [7, 11) is 3.03. The van der Waals surface area contributed by atoms with Crippen LogP contribution in [-0.2, 0) is 6.61 Å². The summed E-state index contributed by atoms with van der Waals surface area (Å²) in [5.74, 6) is 0.272. The minimum absolute atomic E-state index is 0.129. The van der Waals surface area contributed by atoms with Crippen LogP contribution in [0.15, 0.2) is 36.4 Å². The number of carboxylic acids is 1. The van der Waals surface area contributed by atoms with Crippen LogP contribution in [0.2, 0.25) is 0 Å². The minimum Gasteiger partial charge on any atom is -0.493 e. The van der Waals surface area contributed by atoms with Crippen molar-refractivity contribution in [2.24, 2.45) is 0 Å². The van der Waals surface area contributed by atoms with Gasteiger partial charge in [0.15, 0.2) is 11.5 Å². The molecule has 2 aromatic rings. The molecule has 2 rings (SSSR count). The molecule has 0 radical (unpaired) electrons. The molecule has 1 aromatic heterocycles. The van der Waals surface area contributed by atoms with E-state index in [0.29, 0.717) is 23.1 Å². The second-order valence-electron chi connectivity index (χ2n) is 4.13. The van der Waals surface area contributed by atoms with Gasteiger partial charge in [-0.25, -0.2) is 9.78 Å². The number of methoxy groups -OCH3 is 2. The average Bonchev–Trinajstić information content (AvgIpc) is 2.52. The summed E-state index contributed by atoms with van der Waals surface area (Å²) in [6, 6.07) is 9.75. The SMILES string of the molecule is COc1cccc(COc2cc(C(=O)O)ccc2OC)n1. The van der Waals surface area contributed by atoms with Crippen LogP contribution >= 0.6 is 0 Å². The molecule has 0 aliphatic carbocycles. The Morgan fingerprint density at radius 1 is 1.14 bits per heavy atom. The molecule has 1 N–H and O–H groups in total. The van der Waals surface area contributed by atoms with Gasteiger partial charge in [0.05, 0.1) is 25.5 Å². The van der Waals surface area contributed by atoms with Gasteiger partial charge >= 0.3 is 5.97 Å². The first kappa shape index (κ1) is 14.6. The highest BCUT2D eigenvalue weighted by atomic mass is 16.5. The number of nitrogens with zero attached hydrogens (tertiary/aromatic N) is 1. The van der Waals surface area contributed by atoms with Crippen molar-refractivity contribution in [3.05, 3.63) is 47.7 Å². The highest BCUT2D eigenvalue weighted by Gasteiger charge is 2.10. The van der Waals surface area contributed by atoms with Crippen molar-refractivity contribution in [1.82, 2.24) is 4.98 Å². The molecule has 0 saturated carbocycles. The summed E-state index contributed by atoms with van der Waals surface area (Å²) in [5, 5.41) is 9.00. The number of hydrogen-bond acceptors (Lipinski definition) is 5. The second-order valence-corrected chi connectivity index (χ2v) is 4.13. The van der Waals surface area contributed by atoms with E-state index in [0.717, 1.165) is 0 Å². The molecule has 0 fully saturated rings. The molecule has 1 heterocycles. The van der Waals surface area contributed by atoms with Crippen LogP contribution in [0.1, 0.15) is 16.1 Å². The normalized spacial score (nSPS) is 10.0. The Morgan fingerprint density at radius 2 is 1.95 bits per heavy atom. The number of hydrogen-bond donors (Lipinski definition) is 1. The zero-order valence-corrected chi connectivity index (χ0v) is 11.7. The number of carbonyl (C=O) groups is 1. The number of pyridine rings is 1.